The van der Waals surface area contributed by atoms with Gasteiger partial charge in [-0.2, -0.15) is 4.98 Å². The summed E-state index contributed by atoms with van der Waals surface area (Å²) in [5.74, 6) is 1.64. The van der Waals surface area contributed by atoms with E-state index in [2.05, 4.69) is 33.4 Å². The summed E-state index contributed by atoms with van der Waals surface area (Å²) in [6.45, 7) is 0.910. The molecule has 0 spiro atoms. The second-order valence-corrected chi connectivity index (χ2v) is 8.32. The lowest BCUT2D eigenvalue weighted by molar-refractivity contribution is 0.410. The van der Waals surface area contributed by atoms with Gasteiger partial charge in [0.05, 0.1) is 11.4 Å². The first kappa shape index (κ1) is 19.0. The third-order valence-electron chi connectivity index (χ3n) is 6.16. The standard InChI is InChI=1S/C24H28N6/c25-19-8-10-20(11-9-19)28-23-12-13-26-24(29-23)30-14-4-7-18-16-27-21(15-22(18)30)17-5-2-1-3-6-17/h1-3,5-6,12-13,15-16,19-20H,4,7-11,14,25H2,(H,26,28,29). The molecule has 0 unspecified atom stereocenters. The third kappa shape index (κ3) is 4.00. The van der Waals surface area contributed by atoms with Crippen LogP contribution in [0.2, 0.25) is 0 Å². The largest absolute Gasteiger partial charge is 0.367 e. The van der Waals surface area contributed by atoms with Crippen LogP contribution in [-0.4, -0.2) is 33.6 Å². The van der Waals surface area contributed by atoms with E-state index >= 15 is 0 Å². The van der Waals surface area contributed by atoms with E-state index in [-0.39, 0.29) is 0 Å². The minimum Gasteiger partial charge on any atom is -0.367 e. The summed E-state index contributed by atoms with van der Waals surface area (Å²) in [7, 11) is 0. The summed E-state index contributed by atoms with van der Waals surface area (Å²) in [5.41, 5.74) is 10.6. The Morgan fingerprint density at radius 1 is 1.00 bits per heavy atom. The Kier molecular flexibility index (Phi) is 5.32. The topological polar surface area (TPSA) is 80.0 Å². The van der Waals surface area contributed by atoms with Crippen LogP contribution < -0.4 is 16.0 Å². The number of aromatic nitrogens is 3. The molecule has 2 aromatic heterocycles. The lowest BCUT2D eigenvalue weighted by Crippen LogP contribution is -2.33. The first-order valence-corrected chi connectivity index (χ1v) is 10.9. The molecule has 0 amide bonds. The molecule has 6 heteroatoms. The van der Waals surface area contributed by atoms with Crippen molar-refractivity contribution in [3.8, 4) is 11.3 Å². The van der Waals surface area contributed by atoms with Crippen molar-refractivity contribution >= 4 is 17.5 Å². The van der Waals surface area contributed by atoms with E-state index in [0.29, 0.717) is 12.1 Å². The Balaban J connectivity index is 1.42. The summed E-state index contributed by atoms with van der Waals surface area (Å²) in [6.07, 6.45) is 10.3. The average Bonchev–Trinajstić information content (AvgIpc) is 2.81. The number of anilines is 3. The van der Waals surface area contributed by atoms with Gasteiger partial charge in [0, 0.05) is 36.6 Å². The van der Waals surface area contributed by atoms with Crippen LogP contribution in [0.4, 0.5) is 17.5 Å². The highest BCUT2D eigenvalue weighted by Gasteiger charge is 2.23. The first-order valence-electron chi connectivity index (χ1n) is 10.9. The van der Waals surface area contributed by atoms with E-state index < -0.39 is 0 Å². The molecule has 5 rings (SSSR count). The number of hydrogen-bond acceptors (Lipinski definition) is 6. The van der Waals surface area contributed by atoms with Crippen molar-refractivity contribution in [3.05, 3.63) is 60.4 Å². The summed E-state index contributed by atoms with van der Waals surface area (Å²) in [4.78, 5) is 16.4. The van der Waals surface area contributed by atoms with Crippen LogP contribution in [0.1, 0.15) is 37.7 Å². The van der Waals surface area contributed by atoms with Gasteiger partial charge in [-0.25, -0.2) is 4.98 Å². The van der Waals surface area contributed by atoms with Gasteiger partial charge in [0.25, 0.3) is 0 Å². The fourth-order valence-electron chi connectivity index (χ4n) is 4.47. The Bertz CT molecular complexity index is 998. The number of fused-ring (bicyclic) bond motifs is 1. The van der Waals surface area contributed by atoms with Gasteiger partial charge in [0.2, 0.25) is 5.95 Å². The van der Waals surface area contributed by atoms with Crippen LogP contribution in [0.5, 0.6) is 0 Å². The molecule has 1 aliphatic heterocycles. The lowest BCUT2D eigenvalue weighted by atomic mass is 9.92. The summed E-state index contributed by atoms with van der Waals surface area (Å²) in [5, 5.41) is 3.60. The van der Waals surface area contributed by atoms with Gasteiger partial charge in [-0.05, 0) is 56.2 Å². The Morgan fingerprint density at radius 3 is 2.67 bits per heavy atom. The van der Waals surface area contributed by atoms with E-state index in [4.69, 9.17) is 15.7 Å². The highest BCUT2D eigenvalue weighted by atomic mass is 15.3. The van der Waals surface area contributed by atoms with Crippen molar-refractivity contribution in [2.75, 3.05) is 16.8 Å². The lowest BCUT2D eigenvalue weighted by Gasteiger charge is -2.30. The predicted octanol–water partition coefficient (Wildman–Crippen LogP) is 4.30. The SMILES string of the molecule is NC1CCC(Nc2ccnc(N3CCCc4cnc(-c5ccccc5)cc43)n2)CC1. The molecular weight excluding hydrogens is 372 g/mol. The minimum atomic E-state index is 0.348. The molecule has 0 saturated heterocycles. The van der Waals surface area contributed by atoms with E-state index in [0.717, 1.165) is 73.8 Å². The van der Waals surface area contributed by atoms with Crippen molar-refractivity contribution < 1.29 is 0 Å². The van der Waals surface area contributed by atoms with Crippen LogP contribution in [-0.2, 0) is 6.42 Å². The van der Waals surface area contributed by atoms with Gasteiger partial charge in [-0.15, -0.1) is 0 Å². The highest BCUT2D eigenvalue weighted by molar-refractivity contribution is 5.71. The molecule has 1 aromatic carbocycles. The zero-order chi connectivity index (χ0) is 20.3. The molecule has 6 nitrogen and oxygen atoms in total. The van der Waals surface area contributed by atoms with Gasteiger partial charge >= 0.3 is 0 Å². The maximum atomic E-state index is 6.05. The van der Waals surface area contributed by atoms with Gasteiger partial charge in [0.15, 0.2) is 0 Å². The maximum absolute atomic E-state index is 6.05. The minimum absolute atomic E-state index is 0.348. The van der Waals surface area contributed by atoms with E-state index in [1.807, 2.05) is 36.7 Å². The number of aryl methyl sites for hydroxylation is 1. The van der Waals surface area contributed by atoms with Crippen LogP contribution in [0, 0.1) is 0 Å². The first-order chi connectivity index (χ1) is 14.8. The zero-order valence-corrected chi connectivity index (χ0v) is 17.2. The van der Waals surface area contributed by atoms with Gasteiger partial charge in [-0.3, -0.25) is 4.98 Å². The molecule has 1 saturated carbocycles. The summed E-state index contributed by atoms with van der Waals surface area (Å²) in [6, 6.07) is 15.2. The quantitative estimate of drug-likeness (QED) is 0.679. The van der Waals surface area contributed by atoms with Crippen molar-refractivity contribution in [1.82, 2.24) is 15.0 Å². The van der Waals surface area contributed by atoms with Gasteiger partial charge < -0.3 is 16.0 Å². The predicted molar refractivity (Wildman–Crippen MR) is 121 cm³/mol. The number of nitrogens with zero attached hydrogens (tertiary/aromatic N) is 4. The normalized spacial score (nSPS) is 21.2. The Labute approximate surface area is 177 Å². The molecule has 154 valence electrons. The van der Waals surface area contributed by atoms with Gasteiger partial charge in [0.1, 0.15) is 5.82 Å². The van der Waals surface area contributed by atoms with E-state index in [9.17, 15) is 0 Å². The van der Waals surface area contributed by atoms with Crippen molar-refractivity contribution in [2.24, 2.45) is 5.73 Å². The molecule has 0 radical (unpaired) electrons. The molecule has 1 aliphatic carbocycles. The van der Waals surface area contributed by atoms with Crippen LogP contribution >= 0.6 is 0 Å². The van der Waals surface area contributed by atoms with Crippen molar-refractivity contribution in [2.45, 2.75) is 50.6 Å². The fraction of sp³-hybridized carbons (Fsp3) is 0.375. The van der Waals surface area contributed by atoms with Gasteiger partial charge in [-0.1, -0.05) is 30.3 Å². The molecule has 30 heavy (non-hydrogen) atoms. The number of nitrogens with one attached hydrogen (secondary N) is 1. The summed E-state index contributed by atoms with van der Waals surface area (Å²) < 4.78 is 0. The van der Waals surface area contributed by atoms with E-state index in [1.165, 1.54) is 5.56 Å². The number of nitrogens with two attached hydrogens (primary N) is 1. The van der Waals surface area contributed by atoms with Crippen LogP contribution in [0.25, 0.3) is 11.3 Å². The smallest absolute Gasteiger partial charge is 0.231 e. The van der Waals surface area contributed by atoms with Crippen molar-refractivity contribution in [1.29, 1.82) is 0 Å². The van der Waals surface area contributed by atoms with Crippen molar-refractivity contribution in [3.63, 3.8) is 0 Å². The number of rotatable bonds is 4. The second-order valence-electron chi connectivity index (χ2n) is 8.32. The second kappa shape index (κ2) is 8.40. The zero-order valence-electron chi connectivity index (χ0n) is 17.2. The molecule has 1 fully saturated rings. The molecule has 2 aliphatic rings. The van der Waals surface area contributed by atoms with E-state index in [1.54, 1.807) is 0 Å². The maximum Gasteiger partial charge on any atom is 0.231 e. The molecule has 3 aromatic rings. The van der Waals surface area contributed by atoms with Crippen LogP contribution in [0.3, 0.4) is 0 Å². The average molecular weight is 401 g/mol. The highest BCUT2D eigenvalue weighted by Crippen LogP contribution is 2.34. The Morgan fingerprint density at radius 2 is 1.83 bits per heavy atom. The monoisotopic (exact) mass is 400 g/mol. The van der Waals surface area contributed by atoms with Crippen LogP contribution in [0.15, 0.2) is 54.9 Å². The molecule has 0 bridgehead atoms. The Hall–Kier alpha value is -2.99. The number of benzene rings is 1. The summed E-state index contributed by atoms with van der Waals surface area (Å²) >= 11 is 0. The third-order valence-corrected chi connectivity index (χ3v) is 6.16. The molecule has 0 atom stereocenters. The molecular formula is C24H28N6. The number of pyridine rings is 1. The molecule has 3 N–H and O–H groups in total. The fourth-order valence-corrected chi connectivity index (χ4v) is 4.47. The molecule has 3 heterocycles. The number of hydrogen-bond donors (Lipinski definition) is 2.